The molecule has 1 aliphatic heterocycles. The second kappa shape index (κ2) is 4.25. The number of nitrogens with zero attached hydrogens (tertiary/aromatic N) is 3. The molecule has 5 nitrogen and oxygen atoms in total. The number of aliphatic hydroxyl groups is 1. The Labute approximate surface area is 94.7 Å². The maximum absolute atomic E-state index is 12.0. The fraction of sp³-hybridized carbons (Fsp3) is 0.636. The van der Waals surface area contributed by atoms with Gasteiger partial charge in [-0.2, -0.15) is 0 Å². The van der Waals surface area contributed by atoms with Crippen molar-refractivity contribution < 1.29 is 9.90 Å². The van der Waals surface area contributed by atoms with Crippen LogP contribution in [0.4, 0.5) is 0 Å². The van der Waals surface area contributed by atoms with Gasteiger partial charge >= 0.3 is 0 Å². The summed E-state index contributed by atoms with van der Waals surface area (Å²) in [5.74, 6) is 0.163. The van der Waals surface area contributed by atoms with Crippen LogP contribution in [0, 0.1) is 5.92 Å². The molecule has 2 atom stereocenters. The average Bonchev–Trinajstić information content (AvgIpc) is 2.84. The largest absolute Gasteiger partial charge is 0.393 e. The zero-order valence-corrected chi connectivity index (χ0v) is 9.63. The van der Waals surface area contributed by atoms with E-state index >= 15 is 0 Å². The average molecular weight is 223 g/mol. The second-order valence-electron chi connectivity index (χ2n) is 4.46. The molecule has 1 amide bonds. The first-order valence-electron chi connectivity index (χ1n) is 5.53. The van der Waals surface area contributed by atoms with Gasteiger partial charge < -0.3 is 14.6 Å². The van der Waals surface area contributed by atoms with Crippen LogP contribution in [0.2, 0.25) is 0 Å². The molecule has 5 heteroatoms. The summed E-state index contributed by atoms with van der Waals surface area (Å²) >= 11 is 0. The first-order chi connectivity index (χ1) is 7.58. The zero-order chi connectivity index (χ0) is 11.7. The van der Waals surface area contributed by atoms with Gasteiger partial charge in [-0.1, -0.05) is 0 Å². The lowest BCUT2D eigenvalue weighted by atomic mass is 10.0. The number of carbonyl (C=O) groups excluding carboxylic acids is 1. The first kappa shape index (κ1) is 11.1. The van der Waals surface area contributed by atoms with Crippen LogP contribution in [-0.4, -0.2) is 44.7 Å². The number of hydrogen-bond donors (Lipinski definition) is 1. The van der Waals surface area contributed by atoms with Crippen LogP contribution in [0.5, 0.6) is 0 Å². The Morgan fingerprint density at radius 2 is 2.44 bits per heavy atom. The third-order valence-electron chi connectivity index (χ3n) is 3.12. The van der Waals surface area contributed by atoms with E-state index in [9.17, 15) is 9.90 Å². The molecule has 0 saturated carbocycles. The van der Waals surface area contributed by atoms with E-state index in [4.69, 9.17) is 0 Å². The standard InChI is InChI=1S/C11H17N3O2/c1-8(15)9-3-4-14(5-9)11(16)10-6-13(2)7-12-10/h6-9,15H,3-5H2,1-2H3. The van der Waals surface area contributed by atoms with Crippen LogP contribution in [0.1, 0.15) is 23.8 Å². The fourth-order valence-corrected chi connectivity index (χ4v) is 2.05. The number of carbonyl (C=O) groups is 1. The van der Waals surface area contributed by atoms with Crippen LogP contribution in [0.25, 0.3) is 0 Å². The van der Waals surface area contributed by atoms with Crippen LogP contribution in [0.15, 0.2) is 12.5 Å². The molecule has 0 aromatic carbocycles. The summed E-state index contributed by atoms with van der Waals surface area (Å²) in [7, 11) is 1.84. The van der Waals surface area contributed by atoms with E-state index in [1.54, 1.807) is 28.9 Å². The minimum Gasteiger partial charge on any atom is -0.393 e. The summed E-state index contributed by atoms with van der Waals surface area (Å²) in [6.07, 6.45) is 3.87. The van der Waals surface area contributed by atoms with Gasteiger partial charge in [0.05, 0.1) is 12.4 Å². The molecule has 1 N–H and O–H groups in total. The van der Waals surface area contributed by atoms with Crippen molar-refractivity contribution in [3.63, 3.8) is 0 Å². The highest BCUT2D eigenvalue weighted by atomic mass is 16.3. The Morgan fingerprint density at radius 1 is 1.69 bits per heavy atom. The predicted molar refractivity (Wildman–Crippen MR) is 58.9 cm³/mol. The van der Waals surface area contributed by atoms with Crippen LogP contribution >= 0.6 is 0 Å². The third kappa shape index (κ3) is 2.09. The van der Waals surface area contributed by atoms with Gasteiger partial charge in [0.1, 0.15) is 5.69 Å². The highest BCUT2D eigenvalue weighted by Gasteiger charge is 2.30. The zero-order valence-electron chi connectivity index (χ0n) is 9.63. The third-order valence-corrected chi connectivity index (χ3v) is 3.12. The van der Waals surface area contributed by atoms with Crippen molar-refractivity contribution in [2.45, 2.75) is 19.4 Å². The van der Waals surface area contributed by atoms with E-state index in [-0.39, 0.29) is 17.9 Å². The Hall–Kier alpha value is -1.36. The van der Waals surface area contributed by atoms with Crippen molar-refractivity contribution in [2.75, 3.05) is 13.1 Å². The number of aliphatic hydroxyl groups excluding tert-OH is 1. The fourth-order valence-electron chi connectivity index (χ4n) is 2.05. The van der Waals surface area contributed by atoms with Crippen molar-refractivity contribution in [3.05, 3.63) is 18.2 Å². The Balaban J connectivity index is 2.02. The maximum Gasteiger partial charge on any atom is 0.274 e. The number of imidazole rings is 1. The van der Waals surface area contributed by atoms with Gasteiger partial charge in [0, 0.05) is 32.3 Å². The molecular weight excluding hydrogens is 206 g/mol. The van der Waals surface area contributed by atoms with Gasteiger partial charge in [0.2, 0.25) is 0 Å². The molecule has 1 aromatic rings. The smallest absolute Gasteiger partial charge is 0.274 e. The maximum atomic E-state index is 12.0. The molecule has 0 spiro atoms. The quantitative estimate of drug-likeness (QED) is 0.782. The topological polar surface area (TPSA) is 58.4 Å². The summed E-state index contributed by atoms with van der Waals surface area (Å²) in [4.78, 5) is 17.8. The van der Waals surface area contributed by atoms with Gasteiger partial charge in [0.25, 0.3) is 5.91 Å². The number of hydrogen-bond acceptors (Lipinski definition) is 3. The summed E-state index contributed by atoms with van der Waals surface area (Å²) < 4.78 is 1.76. The second-order valence-corrected chi connectivity index (χ2v) is 4.46. The molecule has 1 aromatic heterocycles. The molecule has 2 heterocycles. The van der Waals surface area contributed by atoms with Gasteiger partial charge in [-0.05, 0) is 13.3 Å². The lowest BCUT2D eigenvalue weighted by Gasteiger charge is -2.16. The van der Waals surface area contributed by atoms with Crippen molar-refractivity contribution in [2.24, 2.45) is 13.0 Å². The molecule has 1 saturated heterocycles. The Bertz CT molecular complexity index is 386. The molecule has 2 rings (SSSR count). The summed E-state index contributed by atoms with van der Waals surface area (Å²) in [6.45, 7) is 3.12. The molecule has 1 aliphatic rings. The number of likely N-dealkylation sites (tertiary alicyclic amines) is 1. The van der Waals surface area contributed by atoms with Crippen LogP contribution in [0.3, 0.4) is 0 Å². The lowest BCUT2D eigenvalue weighted by molar-refractivity contribution is 0.0757. The summed E-state index contributed by atoms with van der Waals surface area (Å²) in [6, 6.07) is 0. The minimum absolute atomic E-state index is 0.0382. The molecule has 1 fully saturated rings. The highest BCUT2D eigenvalue weighted by molar-refractivity contribution is 5.92. The molecule has 0 aliphatic carbocycles. The number of rotatable bonds is 2. The Morgan fingerprint density at radius 3 is 2.94 bits per heavy atom. The van der Waals surface area contributed by atoms with E-state index in [1.165, 1.54) is 0 Å². The number of aryl methyl sites for hydroxylation is 1. The van der Waals surface area contributed by atoms with E-state index < -0.39 is 0 Å². The van der Waals surface area contributed by atoms with Gasteiger partial charge in [-0.3, -0.25) is 4.79 Å². The molecule has 88 valence electrons. The normalized spacial score (nSPS) is 22.4. The lowest BCUT2D eigenvalue weighted by Crippen LogP contribution is -2.30. The summed E-state index contributed by atoms with van der Waals surface area (Å²) in [5.41, 5.74) is 0.480. The monoisotopic (exact) mass is 223 g/mol. The number of amides is 1. The predicted octanol–water partition coefficient (Wildman–Crippen LogP) is 0.263. The summed E-state index contributed by atoms with van der Waals surface area (Å²) in [5, 5.41) is 9.47. The van der Waals surface area contributed by atoms with E-state index in [2.05, 4.69) is 4.98 Å². The van der Waals surface area contributed by atoms with E-state index in [0.717, 1.165) is 6.42 Å². The van der Waals surface area contributed by atoms with Crippen molar-refractivity contribution in [1.29, 1.82) is 0 Å². The molecule has 0 radical (unpaired) electrons. The SMILES string of the molecule is CC(O)C1CCN(C(=O)c2cn(C)cn2)C1. The molecule has 0 bridgehead atoms. The van der Waals surface area contributed by atoms with Crippen molar-refractivity contribution in [3.8, 4) is 0 Å². The first-order valence-corrected chi connectivity index (χ1v) is 5.53. The van der Waals surface area contributed by atoms with E-state index in [1.807, 2.05) is 7.05 Å². The van der Waals surface area contributed by atoms with Crippen molar-refractivity contribution >= 4 is 5.91 Å². The van der Waals surface area contributed by atoms with Gasteiger partial charge in [-0.25, -0.2) is 4.98 Å². The van der Waals surface area contributed by atoms with Crippen LogP contribution < -0.4 is 0 Å². The molecule has 16 heavy (non-hydrogen) atoms. The van der Waals surface area contributed by atoms with E-state index in [0.29, 0.717) is 18.8 Å². The number of aromatic nitrogens is 2. The van der Waals surface area contributed by atoms with Crippen LogP contribution in [-0.2, 0) is 7.05 Å². The van der Waals surface area contributed by atoms with Gasteiger partial charge in [-0.15, -0.1) is 0 Å². The molecule has 2 unspecified atom stereocenters. The highest BCUT2D eigenvalue weighted by Crippen LogP contribution is 2.20. The Kier molecular flexibility index (Phi) is 2.96. The van der Waals surface area contributed by atoms with Crippen molar-refractivity contribution in [1.82, 2.24) is 14.5 Å². The molecular formula is C11H17N3O2. The van der Waals surface area contributed by atoms with Gasteiger partial charge in [0.15, 0.2) is 0 Å². The minimum atomic E-state index is -0.346.